The number of carbonyl (C=O) groups excluding carboxylic acids is 1. The highest BCUT2D eigenvalue weighted by Gasteiger charge is 2.18. The van der Waals surface area contributed by atoms with Crippen LogP contribution in [0, 0.1) is 19.8 Å². The van der Waals surface area contributed by atoms with Crippen LogP contribution in [0.4, 0.5) is 5.82 Å². The highest BCUT2D eigenvalue weighted by Crippen LogP contribution is 2.22. The summed E-state index contributed by atoms with van der Waals surface area (Å²) >= 11 is 0. The highest BCUT2D eigenvalue weighted by atomic mass is 16.1. The van der Waals surface area contributed by atoms with Gasteiger partial charge in [0.1, 0.15) is 5.82 Å². The largest absolute Gasteiger partial charge is 0.357 e. The van der Waals surface area contributed by atoms with Crippen LogP contribution in [0.15, 0.2) is 24.4 Å². The molecule has 1 fully saturated rings. The average molecular weight is 369 g/mol. The van der Waals surface area contributed by atoms with E-state index < -0.39 is 0 Å². The molecule has 0 radical (unpaired) electrons. The third kappa shape index (κ3) is 4.34. The molecule has 0 aromatic carbocycles. The van der Waals surface area contributed by atoms with E-state index in [0.717, 1.165) is 47.3 Å². The second-order valence-electron chi connectivity index (χ2n) is 8.13. The van der Waals surface area contributed by atoms with Crippen LogP contribution in [0.1, 0.15) is 67.0 Å². The van der Waals surface area contributed by atoms with Crippen LogP contribution in [0.2, 0.25) is 0 Å². The predicted molar refractivity (Wildman–Crippen MR) is 110 cm³/mol. The number of rotatable bonds is 5. The summed E-state index contributed by atoms with van der Waals surface area (Å²) < 4.78 is 2.20. The molecule has 3 heterocycles. The van der Waals surface area contributed by atoms with Crippen molar-refractivity contribution in [2.75, 3.05) is 18.0 Å². The third-order valence-corrected chi connectivity index (χ3v) is 5.62. The van der Waals surface area contributed by atoms with Crippen molar-refractivity contribution in [2.24, 2.45) is 5.92 Å². The van der Waals surface area contributed by atoms with Gasteiger partial charge < -0.3 is 14.8 Å². The third-order valence-electron chi connectivity index (χ3n) is 5.62. The molecule has 0 saturated carbocycles. The first-order valence-corrected chi connectivity index (χ1v) is 10.0. The van der Waals surface area contributed by atoms with Crippen LogP contribution in [-0.2, 0) is 6.54 Å². The smallest absolute Gasteiger partial charge is 0.253 e. The quantitative estimate of drug-likeness (QED) is 0.858. The van der Waals surface area contributed by atoms with Crippen molar-refractivity contribution in [1.82, 2.24) is 14.9 Å². The second-order valence-corrected chi connectivity index (χ2v) is 8.13. The molecule has 1 amide bonds. The Labute approximate surface area is 162 Å². The Bertz CT molecular complexity index is 783. The number of carbonyl (C=O) groups is 1. The summed E-state index contributed by atoms with van der Waals surface area (Å²) in [5.74, 6) is 1.83. The van der Waals surface area contributed by atoms with Crippen LogP contribution in [0.25, 0.3) is 0 Å². The molecular formula is C22H32N4O. The maximum absolute atomic E-state index is 12.6. The Kier molecular flexibility index (Phi) is 5.88. The SMILES string of the molecule is Cc1cc(C(=O)NCc2ccc(N3CCC(C)CC3)nc2)c(C)n1C(C)C. The summed E-state index contributed by atoms with van der Waals surface area (Å²) in [5.41, 5.74) is 3.92. The fourth-order valence-corrected chi connectivity index (χ4v) is 4.03. The lowest BCUT2D eigenvalue weighted by atomic mass is 9.99. The molecule has 5 nitrogen and oxygen atoms in total. The zero-order valence-electron chi connectivity index (χ0n) is 17.2. The van der Waals surface area contributed by atoms with Gasteiger partial charge in [0.15, 0.2) is 0 Å². The molecule has 1 N–H and O–H groups in total. The van der Waals surface area contributed by atoms with Crippen molar-refractivity contribution in [2.45, 2.75) is 60.0 Å². The molecule has 0 spiro atoms. The normalized spacial score (nSPS) is 15.4. The van der Waals surface area contributed by atoms with Crippen molar-refractivity contribution >= 4 is 11.7 Å². The topological polar surface area (TPSA) is 50.2 Å². The van der Waals surface area contributed by atoms with Gasteiger partial charge in [-0.25, -0.2) is 4.98 Å². The maximum Gasteiger partial charge on any atom is 0.253 e. The summed E-state index contributed by atoms with van der Waals surface area (Å²) in [6.07, 6.45) is 4.34. The van der Waals surface area contributed by atoms with E-state index in [-0.39, 0.29) is 5.91 Å². The minimum absolute atomic E-state index is 0.0240. The van der Waals surface area contributed by atoms with Crippen LogP contribution in [-0.4, -0.2) is 28.5 Å². The van der Waals surface area contributed by atoms with Crippen molar-refractivity contribution in [3.63, 3.8) is 0 Å². The molecule has 2 aromatic heterocycles. The van der Waals surface area contributed by atoms with E-state index in [9.17, 15) is 4.79 Å². The molecule has 0 atom stereocenters. The highest BCUT2D eigenvalue weighted by molar-refractivity contribution is 5.95. The van der Waals surface area contributed by atoms with Gasteiger partial charge in [-0.05, 0) is 64.2 Å². The summed E-state index contributed by atoms with van der Waals surface area (Å²) in [6.45, 7) is 13.3. The molecule has 0 unspecified atom stereocenters. The molecule has 5 heteroatoms. The zero-order valence-corrected chi connectivity index (χ0v) is 17.2. The molecule has 0 bridgehead atoms. The lowest BCUT2D eigenvalue weighted by Gasteiger charge is -2.31. The van der Waals surface area contributed by atoms with Crippen LogP contribution in [0.5, 0.6) is 0 Å². The van der Waals surface area contributed by atoms with E-state index >= 15 is 0 Å². The van der Waals surface area contributed by atoms with Gasteiger partial charge in [-0.1, -0.05) is 13.0 Å². The molecule has 1 saturated heterocycles. The summed E-state index contributed by atoms with van der Waals surface area (Å²) in [5, 5.41) is 3.03. The van der Waals surface area contributed by atoms with E-state index in [2.05, 4.69) is 52.7 Å². The molecule has 2 aromatic rings. The Hall–Kier alpha value is -2.30. The van der Waals surface area contributed by atoms with Crippen LogP contribution < -0.4 is 10.2 Å². The number of hydrogen-bond donors (Lipinski definition) is 1. The molecule has 146 valence electrons. The zero-order chi connectivity index (χ0) is 19.6. The van der Waals surface area contributed by atoms with E-state index in [1.807, 2.05) is 26.1 Å². The lowest BCUT2D eigenvalue weighted by Crippen LogP contribution is -2.33. The van der Waals surface area contributed by atoms with Gasteiger partial charge in [0.05, 0.1) is 5.56 Å². The van der Waals surface area contributed by atoms with Gasteiger partial charge in [-0.2, -0.15) is 0 Å². The first-order chi connectivity index (χ1) is 12.9. The van der Waals surface area contributed by atoms with E-state index in [0.29, 0.717) is 12.6 Å². The molecule has 1 aliphatic rings. The number of amides is 1. The maximum atomic E-state index is 12.6. The number of nitrogens with one attached hydrogen (secondary N) is 1. The summed E-state index contributed by atoms with van der Waals surface area (Å²) in [7, 11) is 0. The Morgan fingerprint density at radius 1 is 1.26 bits per heavy atom. The van der Waals surface area contributed by atoms with Gasteiger partial charge in [-0.3, -0.25) is 4.79 Å². The molecule has 1 aliphatic heterocycles. The fourth-order valence-electron chi connectivity index (χ4n) is 4.03. The molecule has 0 aliphatic carbocycles. The number of anilines is 1. The van der Waals surface area contributed by atoms with Gasteiger partial charge in [-0.15, -0.1) is 0 Å². The number of pyridine rings is 1. The van der Waals surface area contributed by atoms with Crippen LogP contribution in [0.3, 0.4) is 0 Å². The monoisotopic (exact) mass is 368 g/mol. The lowest BCUT2D eigenvalue weighted by molar-refractivity contribution is 0.0950. The van der Waals surface area contributed by atoms with Crippen molar-refractivity contribution in [3.8, 4) is 0 Å². The number of aryl methyl sites for hydroxylation is 1. The molecule has 27 heavy (non-hydrogen) atoms. The Balaban J connectivity index is 1.60. The summed E-state index contributed by atoms with van der Waals surface area (Å²) in [6, 6.07) is 6.46. The number of aromatic nitrogens is 2. The van der Waals surface area contributed by atoms with Crippen molar-refractivity contribution in [1.29, 1.82) is 0 Å². The van der Waals surface area contributed by atoms with Crippen molar-refractivity contribution < 1.29 is 4.79 Å². The van der Waals surface area contributed by atoms with Gasteiger partial charge in [0, 0.05) is 43.3 Å². The van der Waals surface area contributed by atoms with Gasteiger partial charge in [0.2, 0.25) is 0 Å². The fraction of sp³-hybridized carbons (Fsp3) is 0.545. The standard InChI is InChI=1S/C22H32N4O/c1-15(2)26-17(4)12-20(18(26)5)22(27)24-14-19-6-7-21(23-13-19)25-10-8-16(3)9-11-25/h6-7,12-13,15-16H,8-11,14H2,1-5H3,(H,24,27). The average Bonchev–Trinajstić information content (AvgIpc) is 2.95. The molecule has 3 rings (SSSR count). The minimum atomic E-state index is -0.0240. The van der Waals surface area contributed by atoms with E-state index in [1.54, 1.807) is 0 Å². The minimum Gasteiger partial charge on any atom is -0.357 e. The van der Waals surface area contributed by atoms with Crippen LogP contribution >= 0.6 is 0 Å². The number of nitrogens with zero attached hydrogens (tertiary/aromatic N) is 3. The van der Waals surface area contributed by atoms with E-state index in [4.69, 9.17) is 0 Å². The van der Waals surface area contributed by atoms with Gasteiger partial charge >= 0.3 is 0 Å². The number of piperidine rings is 1. The predicted octanol–water partition coefficient (Wildman–Crippen LogP) is 4.25. The molecular weight excluding hydrogens is 336 g/mol. The van der Waals surface area contributed by atoms with Gasteiger partial charge in [0.25, 0.3) is 5.91 Å². The van der Waals surface area contributed by atoms with E-state index in [1.165, 1.54) is 12.8 Å². The second kappa shape index (κ2) is 8.15. The Morgan fingerprint density at radius 2 is 1.96 bits per heavy atom. The first-order valence-electron chi connectivity index (χ1n) is 10.0. The number of hydrogen-bond acceptors (Lipinski definition) is 3. The summed E-state index contributed by atoms with van der Waals surface area (Å²) in [4.78, 5) is 19.6. The first kappa shape index (κ1) is 19.5. The Morgan fingerprint density at radius 3 is 2.52 bits per heavy atom. The van der Waals surface area contributed by atoms with Crippen molar-refractivity contribution in [3.05, 3.63) is 46.9 Å².